The fourth-order valence-corrected chi connectivity index (χ4v) is 4.58. The molecule has 4 heteroatoms. The summed E-state index contributed by atoms with van der Waals surface area (Å²) in [7, 11) is 0. The van der Waals surface area contributed by atoms with Crippen LogP contribution >= 0.6 is 11.8 Å². The van der Waals surface area contributed by atoms with Crippen LogP contribution < -0.4 is 0 Å². The summed E-state index contributed by atoms with van der Waals surface area (Å²) in [5.41, 5.74) is 6.19. The van der Waals surface area contributed by atoms with Crippen LogP contribution in [0.5, 0.6) is 0 Å². The smallest absolute Gasteiger partial charge is 0.173 e. The first kappa shape index (κ1) is 19.6. The minimum atomic E-state index is 0.0803. The van der Waals surface area contributed by atoms with Crippen molar-refractivity contribution >= 4 is 17.5 Å². The Morgan fingerprint density at radius 1 is 1.19 bits per heavy atom. The molecular formula is C23H26N2OS. The molecule has 1 aromatic heterocycles. The number of aryl methyl sites for hydroxylation is 1. The van der Waals surface area contributed by atoms with E-state index in [9.17, 15) is 10.1 Å². The molecule has 0 spiro atoms. The normalized spacial score (nSPS) is 13.3. The number of rotatable bonds is 6. The van der Waals surface area contributed by atoms with Crippen LogP contribution in [-0.2, 0) is 19.3 Å². The lowest BCUT2D eigenvalue weighted by Crippen LogP contribution is -2.13. The van der Waals surface area contributed by atoms with Crippen LogP contribution in [0.3, 0.4) is 0 Å². The van der Waals surface area contributed by atoms with E-state index in [0.29, 0.717) is 17.2 Å². The molecule has 0 saturated heterocycles. The van der Waals surface area contributed by atoms with Gasteiger partial charge in [0.05, 0.1) is 11.3 Å². The lowest BCUT2D eigenvalue weighted by molar-refractivity contribution is 0.102. The highest BCUT2D eigenvalue weighted by atomic mass is 32.2. The summed E-state index contributed by atoms with van der Waals surface area (Å²) in [6.45, 7) is 6.39. The molecular weight excluding hydrogens is 352 g/mol. The van der Waals surface area contributed by atoms with Crippen molar-refractivity contribution in [3.63, 3.8) is 0 Å². The third-order valence-corrected chi connectivity index (χ3v) is 6.23. The van der Waals surface area contributed by atoms with E-state index in [-0.39, 0.29) is 5.78 Å². The molecule has 0 N–H and O–H groups in total. The van der Waals surface area contributed by atoms with Crippen molar-refractivity contribution in [1.29, 1.82) is 5.26 Å². The second kappa shape index (κ2) is 8.71. The van der Waals surface area contributed by atoms with E-state index in [1.165, 1.54) is 34.9 Å². The zero-order chi connectivity index (χ0) is 19.4. The lowest BCUT2D eigenvalue weighted by Gasteiger charge is -2.21. The monoisotopic (exact) mass is 378 g/mol. The van der Waals surface area contributed by atoms with E-state index in [0.717, 1.165) is 42.0 Å². The summed E-state index contributed by atoms with van der Waals surface area (Å²) in [6.07, 6.45) is 5.13. The molecule has 0 fully saturated rings. The number of hydrogen-bond acceptors (Lipinski definition) is 4. The van der Waals surface area contributed by atoms with Crippen molar-refractivity contribution in [2.45, 2.75) is 63.8 Å². The van der Waals surface area contributed by atoms with Gasteiger partial charge < -0.3 is 0 Å². The molecule has 0 aliphatic heterocycles. The Labute approximate surface area is 166 Å². The van der Waals surface area contributed by atoms with Gasteiger partial charge >= 0.3 is 0 Å². The number of nitriles is 1. The maximum Gasteiger partial charge on any atom is 0.173 e. The first-order valence-electron chi connectivity index (χ1n) is 9.75. The average molecular weight is 379 g/mol. The van der Waals surface area contributed by atoms with E-state index in [1.807, 2.05) is 24.3 Å². The maximum absolute atomic E-state index is 12.6. The van der Waals surface area contributed by atoms with Crippen LogP contribution in [0.15, 0.2) is 29.3 Å². The van der Waals surface area contributed by atoms with Crippen molar-refractivity contribution in [3.8, 4) is 6.07 Å². The van der Waals surface area contributed by atoms with E-state index in [4.69, 9.17) is 4.98 Å². The molecule has 140 valence electrons. The number of Topliss-reactive ketones (excluding diaryl/α,β-unsaturated/α-hetero) is 1. The number of aromatic nitrogens is 1. The summed E-state index contributed by atoms with van der Waals surface area (Å²) in [4.78, 5) is 17.4. The SMILES string of the molecule is CCc1nc(SCC(=O)c2ccc(C(C)C)cc2)c(C#N)c2c1CCCC2. The molecule has 1 aromatic carbocycles. The number of hydrogen-bond donors (Lipinski definition) is 0. The van der Waals surface area contributed by atoms with Gasteiger partial charge in [0, 0.05) is 11.3 Å². The molecule has 0 saturated carbocycles. The molecule has 1 aliphatic carbocycles. The molecule has 1 aliphatic rings. The summed E-state index contributed by atoms with van der Waals surface area (Å²) in [5.74, 6) is 0.843. The van der Waals surface area contributed by atoms with E-state index in [2.05, 4.69) is 26.8 Å². The zero-order valence-electron chi connectivity index (χ0n) is 16.3. The summed E-state index contributed by atoms with van der Waals surface area (Å²) in [6, 6.07) is 10.2. The van der Waals surface area contributed by atoms with Gasteiger partial charge in [-0.15, -0.1) is 0 Å². The summed E-state index contributed by atoms with van der Waals surface area (Å²) >= 11 is 1.40. The number of fused-ring (bicyclic) bond motifs is 1. The van der Waals surface area contributed by atoms with Crippen molar-refractivity contribution < 1.29 is 4.79 Å². The first-order chi connectivity index (χ1) is 13.0. The third-order valence-electron chi connectivity index (χ3n) is 5.25. The Kier molecular flexibility index (Phi) is 6.34. The number of carbonyl (C=O) groups excluding carboxylic acids is 1. The minimum absolute atomic E-state index is 0.0803. The number of nitrogens with zero attached hydrogens (tertiary/aromatic N) is 2. The number of benzene rings is 1. The molecule has 0 amide bonds. The Morgan fingerprint density at radius 3 is 2.44 bits per heavy atom. The second-order valence-corrected chi connectivity index (χ2v) is 8.32. The zero-order valence-corrected chi connectivity index (χ0v) is 17.2. The number of pyridine rings is 1. The van der Waals surface area contributed by atoms with Gasteiger partial charge in [0.15, 0.2) is 5.78 Å². The van der Waals surface area contributed by atoms with Gasteiger partial charge in [-0.1, -0.05) is 56.8 Å². The van der Waals surface area contributed by atoms with Crippen molar-refractivity contribution in [2.75, 3.05) is 5.75 Å². The van der Waals surface area contributed by atoms with Gasteiger partial charge in [-0.3, -0.25) is 4.79 Å². The Bertz CT molecular complexity index is 879. The molecule has 0 bridgehead atoms. The third kappa shape index (κ3) is 4.25. The largest absolute Gasteiger partial charge is 0.293 e. The Balaban J connectivity index is 1.81. The van der Waals surface area contributed by atoms with Gasteiger partial charge in [-0.05, 0) is 54.7 Å². The van der Waals surface area contributed by atoms with Crippen molar-refractivity contribution in [3.05, 3.63) is 57.8 Å². The number of ketones is 1. The Morgan fingerprint density at radius 2 is 1.85 bits per heavy atom. The molecule has 0 unspecified atom stereocenters. The van der Waals surface area contributed by atoms with Crippen LogP contribution in [0.1, 0.15) is 77.8 Å². The van der Waals surface area contributed by atoms with Crippen LogP contribution in [0.25, 0.3) is 0 Å². The summed E-state index contributed by atoms with van der Waals surface area (Å²) in [5, 5.41) is 10.4. The van der Waals surface area contributed by atoms with Crippen LogP contribution in [-0.4, -0.2) is 16.5 Å². The van der Waals surface area contributed by atoms with Crippen molar-refractivity contribution in [2.24, 2.45) is 0 Å². The molecule has 2 aromatic rings. The van der Waals surface area contributed by atoms with Gasteiger partial charge in [0.25, 0.3) is 0 Å². The molecule has 27 heavy (non-hydrogen) atoms. The predicted octanol–water partition coefficient (Wildman–Crippen LogP) is 5.49. The quantitative estimate of drug-likeness (QED) is 0.492. The summed E-state index contributed by atoms with van der Waals surface area (Å²) < 4.78 is 0. The van der Waals surface area contributed by atoms with Gasteiger partial charge in [-0.2, -0.15) is 5.26 Å². The van der Waals surface area contributed by atoms with Gasteiger partial charge in [0.2, 0.25) is 0 Å². The molecule has 3 rings (SSSR count). The Hall–Kier alpha value is -2.12. The highest BCUT2D eigenvalue weighted by Gasteiger charge is 2.22. The molecule has 1 heterocycles. The van der Waals surface area contributed by atoms with Gasteiger partial charge in [-0.25, -0.2) is 4.98 Å². The standard InChI is InChI=1S/C23H26N2OS/c1-4-21-19-8-6-5-7-18(19)20(13-24)23(25-21)27-14-22(26)17-11-9-16(10-12-17)15(2)3/h9-12,15H,4-8,14H2,1-3H3. The maximum atomic E-state index is 12.6. The number of carbonyl (C=O) groups is 1. The predicted molar refractivity (Wildman–Crippen MR) is 111 cm³/mol. The fourth-order valence-electron chi connectivity index (χ4n) is 3.66. The van der Waals surface area contributed by atoms with E-state index >= 15 is 0 Å². The molecule has 0 atom stereocenters. The van der Waals surface area contributed by atoms with Crippen molar-refractivity contribution in [1.82, 2.24) is 4.98 Å². The minimum Gasteiger partial charge on any atom is -0.293 e. The topological polar surface area (TPSA) is 53.8 Å². The number of thioether (sulfide) groups is 1. The second-order valence-electron chi connectivity index (χ2n) is 7.36. The van der Waals surface area contributed by atoms with Crippen LogP contribution in [0, 0.1) is 11.3 Å². The highest BCUT2D eigenvalue weighted by Crippen LogP contribution is 2.33. The van der Waals surface area contributed by atoms with E-state index < -0.39 is 0 Å². The molecule has 0 radical (unpaired) electrons. The van der Waals surface area contributed by atoms with E-state index in [1.54, 1.807) is 0 Å². The lowest BCUT2D eigenvalue weighted by atomic mass is 9.87. The fraction of sp³-hybridized carbons (Fsp3) is 0.435. The first-order valence-corrected chi connectivity index (χ1v) is 10.7. The van der Waals surface area contributed by atoms with Crippen LogP contribution in [0.4, 0.5) is 0 Å². The van der Waals surface area contributed by atoms with Gasteiger partial charge in [0.1, 0.15) is 11.1 Å². The average Bonchev–Trinajstić information content (AvgIpc) is 2.71. The highest BCUT2D eigenvalue weighted by molar-refractivity contribution is 8.00. The van der Waals surface area contributed by atoms with Crippen LogP contribution in [0.2, 0.25) is 0 Å². The molecule has 3 nitrogen and oxygen atoms in total.